The quantitative estimate of drug-likeness (QED) is 0.389. The normalized spacial score (nSPS) is 39.7. The molecule has 33 heavy (non-hydrogen) atoms. The number of ether oxygens (including phenoxy) is 3. The van der Waals surface area contributed by atoms with Gasteiger partial charge in [-0.2, -0.15) is 0 Å². The lowest BCUT2D eigenvalue weighted by Crippen LogP contribution is -2.61. The molecule has 1 aliphatic heterocycles. The van der Waals surface area contributed by atoms with Gasteiger partial charge in [0, 0.05) is 6.42 Å². The van der Waals surface area contributed by atoms with Crippen LogP contribution in [0.1, 0.15) is 80.1 Å². The van der Waals surface area contributed by atoms with Crippen LogP contribution in [0.5, 0.6) is 0 Å². The number of hydrogen-bond acceptors (Lipinski definition) is 7. The number of carbonyl (C=O) groups excluding carboxylic acids is 1. The molecule has 1 saturated carbocycles. The van der Waals surface area contributed by atoms with Crippen LogP contribution in [0.15, 0.2) is 11.6 Å². The highest BCUT2D eigenvalue weighted by atomic mass is 16.7. The lowest BCUT2D eigenvalue weighted by Gasteiger charge is -2.52. The smallest absolute Gasteiger partial charge is 0.306 e. The largest absolute Gasteiger partial charge is 0.463 e. The predicted molar refractivity (Wildman–Crippen MR) is 124 cm³/mol. The highest BCUT2D eigenvalue weighted by Crippen LogP contribution is 2.54. The average Bonchev–Trinajstić information content (AvgIpc) is 2.72. The zero-order valence-corrected chi connectivity index (χ0v) is 21.1. The lowest BCUT2D eigenvalue weighted by molar-refractivity contribution is -0.330. The second-order valence-electron chi connectivity index (χ2n) is 11.7. The van der Waals surface area contributed by atoms with E-state index in [4.69, 9.17) is 14.2 Å². The molecule has 1 saturated heterocycles. The maximum atomic E-state index is 11.9. The SMILES string of the molecule is CC1=CCC[C@]2(C)CC[C@@H](C(C)(C)O[C@@H]3O[C@H](COC(=O)CC(C)C)[C@@H](O)[C@H](O)[C@H]3O)C[C@@H]12. The molecule has 3 N–H and O–H groups in total. The molecular formula is C26H44O7. The predicted octanol–water partition coefficient (Wildman–Crippen LogP) is 3.34. The Morgan fingerprint density at radius 1 is 1.21 bits per heavy atom. The second kappa shape index (κ2) is 10.3. The molecule has 8 atom stereocenters. The van der Waals surface area contributed by atoms with Crippen LogP contribution in [0.25, 0.3) is 0 Å². The highest BCUT2D eigenvalue weighted by Gasteiger charge is 2.50. The first kappa shape index (κ1) is 26.6. The summed E-state index contributed by atoms with van der Waals surface area (Å²) in [5, 5.41) is 31.4. The van der Waals surface area contributed by atoms with Gasteiger partial charge in [-0.05, 0) is 76.0 Å². The zero-order valence-electron chi connectivity index (χ0n) is 21.1. The van der Waals surface area contributed by atoms with Gasteiger partial charge in [-0.25, -0.2) is 0 Å². The number of aliphatic hydroxyl groups excluding tert-OH is 3. The molecule has 0 spiro atoms. The highest BCUT2D eigenvalue weighted by molar-refractivity contribution is 5.69. The summed E-state index contributed by atoms with van der Waals surface area (Å²) in [5.41, 5.74) is 1.18. The van der Waals surface area contributed by atoms with E-state index in [0.29, 0.717) is 11.3 Å². The fourth-order valence-electron chi connectivity index (χ4n) is 5.92. The van der Waals surface area contributed by atoms with E-state index in [-0.39, 0.29) is 30.8 Å². The Bertz CT molecular complexity index is 717. The van der Waals surface area contributed by atoms with Crippen molar-refractivity contribution in [1.29, 1.82) is 0 Å². The molecule has 0 radical (unpaired) electrons. The third-order valence-corrected chi connectivity index (χ3v) is 8.21. The Balaban J connectivity index is 1.65. The second-order valence-corrected chi connectivity index (χ2v) is 11.7. The molecule has 7 nitrogen and oxygen atoms in total. The van der Waals surface area contributed by atoms with Crippen LogP contribution in [0.4, 0.5) is 0 Å². The summed E-state index contributed by atoms with van der Waals surface area (Å²) in [6, 6.07) is 0. The van der Waals surface area contributed by atoms with Crippen LogP contribution >= 0.6 is 0 Å². The van der Waals surface area contributed by atoms with Gasteiger partial charge >= 0.3 is 5.97 Å². The van der Waals surface area contributed by atoms with Crippen molar-refractivity contribution in [2.75, 3.05) is 6.61 Å². The fourth-order valence-corrected chi connectivity index (χ4v) is 5.92. The standard InChI is InChI=1S/C26H44O7/c1-15(2)12-20(27)31-14-19-21(28)22(29)23(30)24(32-19)33-25(4,5)17-9-11-26(6)10-7-8-16(3)18(26)13-17/h8,15,17-19,21-24,28-30H,7,9-14H2,1-6H3/t17-,18+,19-,21-,22+,23-,24+,26-/m1/s1. The molecule has 0 bridgehead atoms. The number of allylic oxidation sites excluding steroid dienone is 2. The minimum Gasteiger partial charge on any atom is -0.463 e. The van der Waals surface area contributed by atoms with Gasteiger partial charge < -0.3 is 29.5 Å². The maximum Gasteiger partial charge on any atom is 0.306 e. The van der Waals surface area contributed by atoms with E-state index in [2.05, 4.69) is 19.9 Å². The van der Waals surface area contributed by atoms with Gasteiger partial charge in [0.25, 0.3) is 0 Å². The molecule has 1 heterocycles. The molecule has 7 heteroatoms. The van der Waals surface area contributed by atoms with Crippen LogP contribution in [-0.2, 0) is 19.0 Å². The van der Waals surface area contributed by atoms with Crippen molar-refractivity contribution >= 4 is 5.97 Å². The molecule has 0 aromatic carbocycles. The summed E-state index contributed by atoms with van der Waals surface area (Å²) in [4.78, 5) is 11.9. The Hall–Kier alpha value is -0.990. The lowest BCUT2D eigenvalue weighted by atomic mass is 9.56. The molecular weight excluding hydrogens is 424 g/mol. The van der Waals surface area contributed by atoms with Gasteiger partial charge in [0.1, 0.15) is 31.0 Å². The van der Waals surface area contributed by atoms with Crippen LogP contribution in [0, 0.1) is 23.2 Å². The van der Waals surface area contributed by atoms with E-state index in [9.17, 15) is 20.1 Å². The third-order valence-electron chi connectivity index (χ3n) is 8.21. The van der Waals surface area contributed by atoms with Crippen molar-refractivity contribution in [3.8, 4) is 0 Å². The van der Waals surface area contributed by atoms with Crippen LogP contribution < -0.4 is 0 Å². The maximum absolute atomic E-state index is 11.9. The van der Waals surface area contributed by atoms with E-state index in [1.165, 1.54) is 12.0 Å². The van der Waals surface area contributed by atoms with Crippen LogP contribution in [-0.4, -0.2) is 64.2 Å². The van der Waals surface area contributed by atoms with Gasteiger partial charge in [-0.3, -0.25) is 4.79 Å². The van der Waals surface area contributed by atoms with Crippen molar-refractivity contribution < 1.29 is 34.3 Å². The van der Waals surface area contributed by atoms with Crippen LogP contribution in [0.3, 0.4) is 0 Å². The Morgan fingerprint density at radius 2 is 1.91 bits per heavy atom. The van der Waals surface area contributed by atoms with Crippen molar-refractivity contribution in [3.05, 3.63) is 11.6 Å². The Morgan fingerprint density at radius 3 is 2.58 bits per heavy atom. The molecule has 0 amide bonds. The molecule has 3 aliphatic rings. The number of carbonyl (C=O) groups is 1. The van der Waals surface area contributed by atoms with E-state index in [0.717, 1.165) is 25.7 Å². The topological polar surface area (TPSA) is 105 Å². The molecule has 0 unspecified atom stereocenters. The summed E-state index contributed by atoms with van der Waals surface area (Å²) in [7, 11) is 0. The Labute approximate surface area is 198 Å². The van der Waals surface area contributed by atoms with Gasteiger partial charge in [0.15, 0.2) is 6.29 Å². The summed E-state index contributed by atoms with van der Waals surface area (Å²) >= 11 is 0. The molecule has 2 fully saturated rings. The summed E-state index contributed by atoms with van der Waals surface area (Å²) in [6.45, 7) is 12.3. The number of esters is 1. The summed E-state index contributed by atoms with van der Waals surface area (Å²) < 4.78 is 17.4. The summed E-state index contributed by atoms with van der Waals surface area (Å²) in [6.07, 6.45) is 1.83. The molecule has 190 valence electrons. The van der Waals surface area contributed by atoms with Gasteiger partial charge in [0.05, 0.1) is 5.60 Å². The summed E-state index contributed by atoms with van der Waals surface area (Å²) in [5.74, 6) is 0.545. The minimum atomic E-state index is -1.45. The molecule has 0 aromatic heterocycles. The van der Waals surface area contributed by atoms with Crippen LogP contribution in [0.2, 0.25) is 0 Å². The number of aliphatic hydroxyl groups is 3. The average molecular weight is 469 g/mol. The first-order valence-electron chi connectivity index (χ1n) is 12.5. The van der Waals surface area contributed by atoms with E-state index in [1.807, 2.05) is 27.7 Å². The molecule has 3 rings (SSSR count). The monoisotopic (exact) mass is 468 g/mol. The first-order valence-corrected chi connectivity index (χ1v) is 12.5. The molecule has 0 aromatic rings. The van der Waals surface area contributed by atoms with Gasteiger partial charge in [0.2, 0.25) is 0 Å². The van der Waals surface area contributed by atoms with Gasteiger partial charge in [-0.1, -0.05) is 32.4 Å². The fraction of sp³-hybridized carbons (Fsp3) is 0.885. The van der Waals surface area contributed by atoms with Gasteiger partial charge in [-0.15, -0.1) is 0 Å². The number of hydrogen-bond donors (Lipinski definition) is 3. The van der Waals surface area contributed by atoms with Crippen molar-refractivity contribution in [2.24, 2.45) is 23.2 Å². The van der Waals surface area contributed by atoms with Crippen molar-refractivity contribution in [3.63, 3.8) is 0 Å². The van der Waals surface area contributed by atoms with E-state index >= 15 is 0 Å². The zero-order chi connectivity index (χ0) is 24.6. The van der Waals surface area contributed by atoms with E-state index in [1.54, 1.807) is 0 Å². The van der Waals surface area contributed by atoms with E-state index < -0.39 is 36.3 Å². The molecule has 2 aliphatic carbocycles. The third kappa shape index (κ3) is 5.99. The first-order chi connectivity index (χ1) is 15.3. The minimum absolute atomic E-state index is 0.152. The Kier molecular flexibility index (Phi) is 8.33. The van der Waals surface area contributed by atoms with Crippen molar-refractivity contribution in [1.82, 2.24) is 0 Å². The number of fused-ring (bicyclic) bond motifs is 1. The van der Waals surface area contributed by atoms with Crippen molar-refractivity contribution in [2.45, 2.75) is 116 Å². The number of rotatable bonds is 7.